The molecular formula is C15H12N2O7. The minimum absolute atomic E-state index is 0.00430. The van der Waals surface area contributed by atoms with E-state index in [4.69, 9.17) is 0 Å². The maximum atomic E-state index is 12.1. The Morgan fingerprint density at radius 1 is 1.08 bits per heavy atom. The number of hydrogen-bond acceptors (Lipinski definition) is 7. The summed E-state index contributed by atoms with van der Waals surface area (Å²) in [6.07, 6.45) is 0. The maximum absolute atomic E-state index is 12.1. The minimum Gasteiger partial charge on any atom is -0.465 e. The number of nitro groups is 1. The number of hydrogen-bond donors (Lipinski definition) is 1. The second-order valence-corrected chi connectivity index (χ2v) is 4.58. The third-order valence-electron chi connectivity index (χ3n) is 3.20. The Morgan fingerprint density at radius 3 is 2.17 bits per heavy atom. The van der Waals surface area contributed by atoms with Gasteiger partial charge in [-0.15, -0.1) is 0 Å². The number of aromatic nitrogens is 1. The van der Waals surface area contributed by atoms with E-state index < -0.39 is 22.4 Å². The summed E-state index contributed by atoms with van der Waals surface area (Å²) in [6, 6.07) is 6.03. The van der Waals surface area contributed by atoms with E-state index in [1.807, 2.05) is 0 Å². The molecule has 9 nitrogen and oxygen atoms in total. The second-order valence-electron chi connectivity index (χ2n) is 4.58. The summed E-state index contributed by atoms with van der Waals surface area (Å²) >= 11 is 0. The highest BCUT2D eigenvalue weighted by Crippen LogP contribution is 2.26. The van der Waals surface area contributed by atoms with E-state index in [0.717, 1.165) is 20.3 Å². The first-order valence-corrected chi connectivity index (χ1v) is 6.57. The van der Waals surface area contributed by atoms with Crippen LogP contribution in [0.5, 0.6) is 0 Å². The first kappa shape index (κ1) is 16.9. The summed E-state index contributed by atoms with van der Waals surface area (Å²) in [6.45, 7) is 0. The summed E-state index contributed by atoms with van der Waals surface area (Å²) < 4.78 is 9.24. The van der Waals surface area contributed by atoms with Crippen molar-refractivity contribution in [1.29, 1.82) is 0 Å². The van der Waals surface area contributed by atoms with Gasteiger partial charge in [0.05, 0.1) is 36.0 Å². The molecule has 0 aliphatic carbocycles. The number of rotatable bonds is 4. The number of aromatic amines is 1. The smallest absolute Gasteiger partial charge is 0.340 e. The largest absolute Gasteiger partial charge is 0.465 e. The Balaban J connectivity index is 2.74. The van der Waals surface area contributed by atoms with E-state index in [9.17, 15) is 24.5 Å². The van der Waals surface area contributed by atoms with Crippen LogP contribution in [0.1, 0.15) is 20.7 Å². The molecule has 0 unspecified atom stereocenters. The fourth-order valence-corrected chi connectivity index (χ4v) is 2.11. The highest BCUT2D eigenvalue weighted by Gasteiger charge is 2.25. The molecule has 0 spiro atoms. The molecule has 0 amide bonds. The minimum atomic E-state index is -0.885. The zero-order valence-electron chi connectivity index (χ0n) is 12.7. The molecule has 1 aromatic carbocycles. The number of benzene rings is 1. The van der Waals surface area contributed by atoms with Gasteiger partial charge in [0.15, 0.2) is 0 Å². The maximum Gasteiger partial charge on any atom is 0.340 e. The SMILES string of the molecule is COC(=O)c1cc(=O)[nH]c(-c2ccc([N+](=O)[O-])cc2)c1C(=O)OC. The van der Waals surface area contributed by atoms with Crippen LogP contribution in [0.15, 0.2) is 35.1 Å². The highest BCUT2D eigenvalue weighted by molar-refractivity contribution is 6.07. The molecular weight excluding hydrogens is 320 g/mol. The van der Waals surface area contributed by atoms with Crippen molar-refractivity contribution in [2.24, 2.45) is 0 Å². The number of carbonyl (C=O) groups excluding carboxylic acids is 2. The molecule has 0 saturated heterocycles. The fourth-order valence-electron chi connectivity index (χ4n) is 2.11. The van der Waals surface area contributed by atoms with E-state index in [1.165, 1.54) is 24.3 Å². The molecule has 1 heterocycles. The van der Waals surface area contributed by atoms with Gasteiger partial charge in [-0.25, -0.2) is 9.59 Å². The van der Waals surface area contributed by atoms with Crippen molar-refractivity contribution in [3.05, 3.63) is 61.9 Å². The molecule has 0 bridgehead atoms. The molecule has 1 aromatic heterocycles. The third kappa shape index (κ3) is 3.14. The average Bonchev–Trinajstić information content (AvgIpc) is 2.59. The Hall–Kier alpha value is -3.49. The second kappa shape index (κ2) is 6.73. The van der Waals surface area contributed by atoms with Crippen molar-refractivity contribution < 1.29 is 24.0 Å². The van der Waals surface area contributed by atoms with Crippen LogP contribution in [0.4, 0.5) is 5.69 Å². The van der Waals surface area contributed by atoms with Crippen LogP contribution in [-0.2, 0) is 9.47 Å². The average molecular weight is 332 g/mol. The Morgan fingerprint density at radius 2 is 1.67 bits per heavy atom. The van der Waals surface area contributed by atoms with Crippen LogP contribution in [0.3, 0.4) is 0 Å². The summed E-state index contributed by atoms with van der Waals surface area (Å²) in [4.78, 5) is 48.3. The Kier molecular flexibility index (Phi) is 4.73. The standard InChI is InChI=1S/C15H12N2O7/c1-23-14(19)10-7-11(18)16-13(12(10)15(20)24-2)8-3-5-9(6-4-8)17(21)22/h3-7H,1-2H3,(H,16,18). The van der Waals surface area contributed by atoms with Crippen LogP contribution in [0, 0.1) is 10.1 Å². The summed E-state index contributed by atoms with van der Waals surface area (Å²) in [5, 5.41) is 10.7. The van der Waals surface area contributed by atoms with E-state index in [1.54, 1.807) is 0 Å². The van der Waals surface area contributed by atoms with E-state index in [0.29, 0.717) is 5.56 Å². The van der Waals surface area contributed by atoms with Crippen molar-refractivity contribution in [2.45, 2.75) is 0 Å². The van der Waals surface area contributed by atoms with E-state index >= 15 is 0 Å². The number of ether oxygens (including phenoxy) is 2. The van der Waals surface area contributed by atoms with Crippen LogP contribution < -0.4 is 5.56 Å². The first-order valence-electron chi connectivity index (χ1n) is 6.57. The number of H-pyrrole nitrogens is 1. The number of nitrogens with one attached hydrogen (secondary N) is 1. The third-order valence-corrected chi connectivity index (χ3v) is 3.20. The molecule has 2 rings (SSSR count). The van der Waals surface area contributed by atoms with Crippen LogP contribution in [0.2, 0.25) is 0 Å². The molecule has 24 heavy (non-hydrogen) atoms. The predicted molar refractivity (Wildman–Crippen MR) is 81.8 cm³/mol. The van der Waals surface area contributed by atoms with Gasteiger partial charge in [0.1, 0.15) is 0 Å². The number of nitro benzene ring substituents is 1. The summed E-state index contributed by atoms with van der Waals surface area (Å²) in [5.74, 6) is -1.75. The zero-order valence-corrected chi connectivity index (χ0v) is 12.7. The van der Waals surface area contributed by atoms with Gasteiger partial charge in [-0.3, -0.25) is 14.9 Å². The van der Waals surface area contributed by atoms with Crippen LogP contribution in [-0.4, -0.2) is 36.1 Å². The number of carbonyl (C=O) groups is 2. The van der Waals surface area contributed by atoms with Gasteiger partial charge in [-0.05, 0) is 17.7 Å². The van der Waals surface area contributed by atoms with Gasteiger partial charge in [0.25, 0.3) is 5.69 Å². The predicted octanol–water partition coefficient (Wildman–Crippen LogP) is 1.52. The molecule has 0 aliphatic heterocycles. The van der Waals surface area contributed by atoms with Crippen molar-refractivity contribution in [2.75, 3.05) is 14.2 Å². The van der Waals surface area contributed by atoms with Crippen LogP contribution in [0.25, 0.3) is 11.3 Å². The quantitative estimate of drug-likeness (QED) is 0.510. The van der Waals surface area contributed by atoms with E-state index in [2.05, 4.69) is 14.5 Å². The summed E-state index contributed by atoms with van der Waals surface area (Å²) in [5.41, 5.74) is -0.964. The number of non-ortho nitro benzene ring substituents is 1. The van der Waals surface area contributed by atoms with Crippen molar-refractivity contribution in [3.63, 3.8) is 0 Å². The van der Waals surface area contributed by atoms with Crippen LogP contribution >= 0.6 is 0 Å². The Labute approximate surface area is 135 Å². The highest BCUT2D eigenvalue weighted by atomic mass is 16.6. The molecule has 2 aromatic rings. The fraction of sp³-hybridized carbons (Fsp3) is 0.133. The lowest BCUT2D eigenvalue weighted by atomic mass is 10.0. The molecule has 0 atom stereocenters. The topological polar surface area (TPSA) is 129 Å². The van der Waals surface area contributed by atoms with Gasteiger partial charge in [0.2, 0.25) is 5.56 Å². The Bertz CT molecular complexity index is 868. The van der Waals surface area contributed by atoms with Gasteiger partial charge in [-0.2, -0.15) is 0 Å². The molecule has 0 radical (unpaired) electrons. The number of nitrogens with zero attached hydrogens (tertiary/aromatic N) is 1. The molecule has 124 valence electrons. The van der Waals surface area contributed by atoms with E-state index in [-0.39, 0.29) is 22.5 Å². The summed E-state index contributed by atoms with van der Waals surface area (Å²) in [7, 11) is 2.23. The number of methoxy groups -OCH3 is 2. The van der Waals surface area contributed by atoms with Gasteiger partial charge in [-0.1, -0.05) is 0 Å². The lowest BCUT2D eigenvalue weighted by Crippen LogP contribution is -2.20. The molecule has 0 saturated carbocycles. The van der Waals surface area contributed by atoms with Gasteiger partial charge in [0, 0.05) is 18.2 Å². The van der Waals surface area contributed by atoms with Crippen molar-refractivity contribution in [1.82, 2.24) is 4.98 Å². The first-order chi connectivity index (χ1) is 11.4. The lowest BCUT2D eigenvalue weighted by molar-refractivity contribution is -0.384. The number of esters is 2. The molecule has 1 N–H and O–H groups in total. The van der Waals surface area contributed by atoms with Gasteiger partial charge < -0.3 is 14.5 Å². The molecule has 9 heteroatoms. The monoisotopic (exact) mass is 332 g/mol. The molecule has 0 aliphatic rings. The van der Waals surface area contributed by atoms with Gasteiger partial charge >= 0.3 is 11.9 Å². The zero-order chi connectivity index (χ0) is 17.9. The van der Waals surface area contributed by atoms with Crippen molar-refractivity contribution >= 4 is 17.6 Å². The normalized spacial score (nSPS) is 10.1. The lowest BCUT2D eigenvalue weighted by Gasteiger charge is -2.11. The van der Waals surface area contributed by atoms with Crippen molar-refractivity contribution in [3.8, 4) is 11.3 Å². The number of pyridine rings is 1. The molecule has 0 fully saturated rings.